The predicted molar refractivity (Wildman–Crippen MR) is 95.4 cm³/mol. The Morgan fingerprint density at radius 1 is 1.19 bits per heavy atom. The number of non-ortho nitro benzene ring substituents is 1. The lowest BCUT2D eigenvalue weighted by atomic mass is 10.1. The number of benzene rings is 2. The van der Waals surface area contributed by atoms with E-state index in [2.05, 4.69) is 4.74 Å². The van der Waals surface area contributed by atoms with Crippen molar-refractivity contribution < 1.29 is 24.0 Å². The molecule has 0 aromatic heterocycles. The van der Waals surface area contributed by atoms with Crippen LogP contribution in [-0.2, 0) is 9.53 Å². The molecule has 8 heteroatoms. The van der Waals surface area contributed by atoms with Crippen molar-refractivity contribution in [2.24, 2.45) is 0 Å². The fraction of sp³-hybridized carbons (Fsp3) is 0.111. The summed E-state index contributed by atoms with van der Waals surface area (Å²) in [6.07, 6.45) is 2.69. The van der Waals surface area contributed by atoms with E-state index in [0.29, 0.717) is 21.9 Å². The molecule has 0 aliphatic rings. The zero-order chi connectivity index (χ0) is 19.1. The van der Waals surface area contributed by atoms with Crippen LogP contribution in [0.25, 0.3) is 6.08 Å². The number of nitro groups is 1. The summed E-state index contributed by atoms with van der Waals surface area (Å²) in [5.74, 6) is -0.410. The van der Waals surface area contributed by atoms with Gasteiger partial charge in [0.25, 0.3) is 5.69 Å². The topological polar surface area (TPSA) is 95.7 Å². The summed E-state index contributed by atoms with van der Waals surface area (Å²) in [5, 5.41) is 11.1. The van der Waals surface area contributed by atoms with Crippen molar-refractivity contribution in [3.63, 3.8) is 0 Å². The number of hydrogen-bond donors (Lipinski definition) is 0. The van der Waals surface area contributed by atoms with Crippen LogP contribution < -0.4 is 4.74 Å². The van der Waals surface area contributed by atoms with E-state index < -0.39 is 10.9 Å². The van der Waals surface area contributed by atoms with Crippen LogP contribution in [0, 0.1) is 10.1 Å². The second-order valence-electron chi connectivity index (χ2n) is 5.05. The number of esters is 1. The van der Waals surface area contributed by atoms with Gasteiger partial charge in [-0.1, -0.05) is 11.6 Å². The number of rotatable bonds is 7. The molecule has 0 unspecified atom stereocenters. The monoisotopic (exact) mass is 375 g/mol. The van der Waals surface area contributed by atoms with E-state index in [9.17, 15) is 19.7 Å². The minimum Gasteiger partial charge on any atom is -0.482 e. The van der Waals surface area contributed by atoms with Gasteiger partial charge in [-0.2, -0.15) is 0 Å². The summed E-state index contributed by atoms with van der Waals surface area (Å²) in [7, 11) is 1.26. The first kappa shape index (κ1) is 19.1. The lowest BCUT2D eigenvalue weighted by molar-refractivity contribution is -0.384. The highest BCUT2D eigenvalue weighted by atomic mass is 35.5. The molecule has 134 valence electrons. The van der Waals surface area contributed by atoms with E-state index in [0.717, 1.165) is 0 Å². The zero-order valence-electron chi connectivity index (χ0n) is 13.7. The number of halogens is 1. The minimum absolute atomic E-state index is 0.117. The molecule has 0 atom stereocenters. The van der Waals surface area contributed by atoms with Gasteiger partial charge in [0.05, 0.1) is 12.0 Å². The van der Waals surface area contributed by atoms with E-state index in [-0.39, 0.29) is 18.1 Å². The van der Waals surface area contributed by atoms with Gasteiger partial charge < -0.3 is 9.47 Å². The maximum atomic E-state index is 12.2. The summed E-state index contributed by atoms with van der Waals surface area (Å²) in [5.41, 5.74) is 0.633. The SMILES string of the molecule is COC(=O)COc1ccc(C(=O)/C=C/c2cc([N+](=O)[O-])ccc2Cl)cc1. The average Bonchev–Trinajstić information content (AvgIpc) is 2.65. The molecular weight excluding hydrogens is 362 g/mol. The second-order valence-corrected chi connectivity index (χ2v) is 5.46. The maximum Gasteiger partial charge on any atom is 0.343 e. The molecule has 7 nitrogen and oxygen atoms in total. The Morgan fingerprint density at radius 3 is 2.50 bits per heavy atom. The van der Waals surface area contributed by atoms with Crippen LogP contribution in [0.2, 0.25) is 5.02 Å². The zero-order valence-corrected chi connectivity index (χ0v) is 14.4. The first-order valence-electron chi connectivity index (χ1n) is 7.36. The number of carbonyl (C=O) groups excluding carboxylic acids is 2. The van der Waals surface area contributed by atoms with Crippen molar-refractivity contribution in [3.05, 3.63) is 74.8 Å². The number of methoxy groups -OCH3 is 1. The number of hydrogen-bond acceptors (Lipinski definition) is 6. The normalized spacial score (nSPS) is 10.5. The Balaban J connectivity index is 2.08. The van der Waals surface area contributed by atoms with E-state index in [1.807, 2.05) is 0 Å². The highest BCUT2D eigenvalue weighted by Crippen LogP contribution is 2.23. The molecule has 0 saturated heterocycles. The Morgan fingerprint density at radius 2 is 1.88 bits per heavy atom. The van der Waals surface area contributed by atoms with Gasteiger partial charge in [0.15, 0.2) is 12.4 Å². The lowest BCUT2D eigenvalue weighted by Crippen LogP contribution is -2.12. The van der Waals surface area contributed by atoms with E-state index >= 15 is 0 Å². The predicted octanol–water partition coefficient (Wildman–Crippen LogP) is 3.70. The van der Waals surface area contributed by atoms with Gasteiger partial charge in [0.1, 0.15) is 5.75 Å². The van der Waals surface area contributed by atoms with Gasteiger partial charge in [0, 0.05) is 22.7 Å². The second kappa shape index (κ2) is 8.77. The van der Waals surface area contributed by atoms with Crippen molar-refractivity contribution in [2.75, 3.05) is 13.7 Å². The van der Waals surface area contributed by atoms with E-state index in [1.165, 1.54) is 49.6 Å². The molecule has 2 aromatic carbocycles. The van der Waals surface area contributed by atoms with Gasteiger partial charge in [-0.05, 0) is 48.0 Å². The number of carbonyl (C=O) groups is 2. The van der Waals surface area contributed by atoms with Crippen LogP contribution in [0.5, 0.6) is 5.75 Å². The van der Waals surface area contributed by atoms with Crippen LogP contribution in [0.1, 0.15) is 15.9 Å². The fourth-order valence-corrected chi connectivity index (χ4v) is 2.13. The van der Waals surface area contributed by atoms with Gasteiger partial charge in [-0.15, -0.1) is 0 Å². The van der Waals surface area contributed by atoms with Crippen LogP contribution in [0.15, 0.2) is 48.5 Å². The average molecular weight is 376 g/mol. The Bertz CT molecular complexity index is 860. The highest BCUT2D eigenvalue weighted by molar-refractivity contribution is 6.32. The van der Waals surface area contributed by atoms with Gasteiger partial charge in [0.2, 0.25) is 0 Å². The molecule has 0 aliphatic carbocycles. The summed E-state index contributed by atoms with van der Waals surface area (Å²) < 4.78 is 9.65. The first-order valence-corrected chi connectivity index (χ1v) is 7.74. The number of ether oxygens (including phenoxy) is 2. The summed E-state index contributed by atoms with van der Waals surface area (Å²) in [6.45, 7) is -0.227. The Labute approximate surface area is 153 Å². The minimum atomic E-state index is -0.539. The number of ketones is 1. The Hall–Kier alpha value is -3.19. The molecule has 0 aliphatic heterocycles. The third-order valence-electron chi connectivity index (χ3n) is 3.33. The van der Waals surface area contributed by atoms with Crippen molar-refractivity contribution in [1.82, 2.24) is 0 Å². The molecule has 0 radical (unpaired) electrons. The van der Waals surface area contributed by atoms with Crippen molar-refractivity contribution >= 4 is 35.1 Å². The smallest absolute Gasteiger partial charge is 0.343 e. The Kier molecular flexibility index (Phi) is 6.46. The van der Waals surface area contributed by atoms with Crippen LogP contribution in [0.4, 0.5) is 5.69 Å². The molecule has 0 saturated carbocycles. The molecule has 0 N–H and O–H groups in total. The summed E-state index contributed by atoms with van der Waals surface area (Å²) >= 11 is 5.98. The molecule has 0 spiro atoms. The van der Waals surface area contributed by atoms with Gasteiger partial charge in [-0.25, -0.2) is 4.79 Å². The molecule has 0 heterocycles. The van der Waals surface area contributed by atoms with Crippen LogP contribution >= 0.6 is 11.6 Å². The number of nitro benzene ring substituents is 1. The number of nitrogens with zero attached hydrogens (tertiary/aromatic N) is 1. The quantitative estimate of drug-likeness (QED) is 0.241. The van der Waals surface area contributed by atoms with Crippen molar-refractivity contribution in [2.45, 2.75) is 0 Å². The molecule has 0 bridgehead atoms. The third-order valence-corrected chi connectivity index (χ3v) is 3.67. The molecule has 26 heavy (non-hydrogen) atoms. The van der Waals surface area contributed by atoms with Gasteiger partial charge in [-0.3, -0.25) is 14.9 Å². The van der Waals surface area contributed by atoms with E-state index in [4.69, 9.17) is 16.3 Å². The standard InChI is InChI=1S/C18H14ClNO6/c1-25-18(22)11-26-15-6-2-12(3-7-15)17(21)9-4-13-10-14(20(23)24)5-8-16(13)19/h2-10H,11H2,1H3/b9-4+. The summed E-state index contributed by atoms with van der Waals surface area (Å²) in [6, 6.07) is 10.1. The van der Waals surface area contributed by atoms with Crippen LogP contribution in [0.3, 0.4) is 0 Å². The molecule has 0 fully saturated rings. The molecule has 2 aromatic rings. The largest absolute Gasteiger partial charge is 0.482 e. The van der Waals surface area contributed by atoms with E-state index in [1.54, 1.807) is 12.1 Å². The van der Waals surface area contributed by atoms with Crippen molar-refractivity contribution in [1.29, 1.82) is 0 Å². The summed E-state index contributed by atoms with van der Waals surface area (Å²) in [4.78, 5) is 33.5. The third kappa shape index (κ3) is 5.15. The van der Waals surface area contributed by atoms with Crippen molar-refractivity contribution in [3.8, 4) is 5.75 Å². The van der Waals surface area contributed by atoms with Crippen LogP contribution in [-0.4, -0.2) is 30.4 Å². The fourth-order valence-electron chi connectivity index (χ4n) is 1.95. The first-order chi connectivity index (χ1) is 12.4. The molecule has 0 amide bonds. The number of allylic oxidation sites excluding steroid dienone is 1. The highest BCUT2D eigenvalue weighted by Gasteiger charge is 2.09. The molecule has 2 rings (SSSR count). The molecular formula is C18H14ClNO6. The lowest BCUT2D eigenvalue weighted by Gasteiger charge is -2.05. The van der Waals surface area contributed by atoms with Gasteiger partial charge >= 0.3 is 5.97 Å². The maximum absolute atomic E-state index is 12.2.